The van der Waals surface area contributed by atoms with Crippen molar-refractivity contribution in [3.63, 3.8) is 0 Å². The maximum Gasteiger partial charge on any atom is 0.244 e. The van der Waals surface area contributed by atoms with Crippen molar-refractivity contribution in [2.24, 2.45) is 23.3 Å². The lowest BCUT2D eigenvalue weighted by Crippen LogP contribution is -2.38. The van der Waals surface area contributed by atoms with E-state index in [4.69, 9.17) is 11.5 Å². The highest BCUT2D eigenvalue weighted by atomic mass is 16.3. The molecule has 5 N–H and O–H groups in total. The largest absolute Gasteiger partial charge is 0.391 e. The van der Waals surface area contributed by atoms with Gasteiger partial charge in [0.25, 0.3) is 0 Å². The molecule has 1 fully saturated rings. The molecule has 1 rings (SSSR count). The molecule has 2 unspecified atom stereocenters. The number of carbonyl (C=O) groups excluding carboxylic acids is 1. The molecular weight excluding hydrogens is 264 g/mol. The van der Waals surface area contributed by atoms with Crippen molar-refractivity contribution in [1.82, 2.24) is 0 Å². The SMILES string of the molecule is CC(C)CC=C(CC(O)C(N)CC1CCCCC1)C(N)=O. The van der Waals surface area contributed by atoms with Crippen LogP contribution in [0.25, 0.3) is 0 Å². The monoisotopic (exact) mass is 296 g/mol. The van der Waals surface area contributed by atoms with Gasteiger partial charge in [-0.05, 0) is 24.7 Å². The summed E-state index contributed by atoms with van der Waals surface area (Å²) in [4.78, 5) is 11.5. The third-order valence-corrected chi connectivity index (χ3v) is 4.41. The van der Waals surface area contributed by atoms with Gasteiger partial charge in [0.1, 0.15) is 0 Å². The highest BCUT2D eigenvalue weighted by Crippen LogP contribution is 2.28. The van der Waals surface area contributed by atoms with Gasteiger partial charge in [0.15, 0.2) is 0 Å². The van der Waals surface area contributed by atoms with Crippen LogP contribution in [0.3, 0.4) is 0 Å². The van der Waals surface area contributed by atoms with Crippen LogP contribution in [0, 0.1) is 11.8 Å². The summed E-state index contributed by atoms with van der Waals surface area (Å²) in [6.07, 6.45) is 9.37. The Kier molecular flexibility index (Phi) is 7.97. The predicted octanol–water partition coefficient (Wildman–Crippen LogP) is 2.49. The number of nitrogens with two attached hydrogens (primary N) is 2. The van der Waals surface area contributed by atoms with Crippen LogP contribution in [-0.2, 0) is 4.79 Å². The van der Waals surface area contributed by atoms with Crippen LogP contribution in [0.2, 0.25) is 0 Å². The lowest BCUT2D eigenvalue weighted by molar-refractivity contribution is -0.115. The van der Waals surface area contributed by atoms with Gasteiger partial charge in [-0.3, -0.25) is 4.79 Å². The van der Waals surface area contributed by atoms with Gasteiger partial charge in [0.2, 0.25) is 5.91 Å². The fourth-order valence-corrected chi connectivity index (χ4v) is 3.00. The summed E-state index contributed by atoms with van der Waals surface area (Å²) in [7, 11) is 0. The highest BCUT2D eigenvalue weighted by molar-refractivity contribution is 5.91. The van der Waals surface area contributed by atoms with Gasteiger partial charge < -0.3 is 16.6 Å². The normalized spacial score (nSPS) is 20.5. The van der Waals surface area contributed by atoms with Crippen LogP contribution >= 0.6 is 0 Å². The molecule has 1 aliphatic carbocycles. The van der Waals surface area contributed by atoms with Crippen LogP contribution in [0.1, 0.15) is 65.2 Å². The summed E-state index contributed by atoms with van der Waals surface area (Å²) < 4.78 is 0. The fraction of sp³-hybridized carbons (Fsp3) is 0.824. The van der Waals surface area contributed by atoms with E-state index in [1.54, 1.807) is 0 Å². The number of aliphatic hydroxyl groups is 1. The molecule has 1 aliphatic rings. The minimum Gasteiger partial charge on any atom is -0.391 e. The van der Waals surface area contributed by atoms with Gasteiger partial charge >= 0.3 is 0 Å². The van der Waals surface area contributed by atoms with E-state index < -0.39 is 12.0 Å². The predicted molar refractivity (Wildman–Crippen MR) is 86.5 cm³/mol. The summed E-state index contributed by atoms with van der Waals surface area (Å²) in [5.74, 6) is 0.645. The van der Waals surface area contributed by atoms with Crippen molar-refractivity contribution in [3.8, 4) is 0 Å². The Bertz CT molecular complexity index is 347. The second-order valence-electron chi connectivity index (χ2n) is 6.90. The number of hydrogen-bond acceptors (Lipinski definition) is 3. The molecule has 0 aromatic carbocycles. The van der Waals surface area contributed by atoms with Crippen molar-refractivity contribution in [2.75, 3.05) is 0 Å². The van der Waals surface area contributed by atoms with Crippen molar-refractivity contribution in [1.29, 1.82) is 0 Å². The number of allylic oxidation sites excluding steroid dienone is 1. The zero-order valence-electron chi connectivity index (χ0n) is 13.6. The first-order chi connectivity index (χ1) is 9.90. The maximum atomic E-state index is 11.5. The van der Waals surface area contributed by atoms with E-state index >= 15 is 0 Å². The third kappa shape index (κ3) is 7.09. The quantitative estimate of drug-likeness (QED) is 0.601. The average molecular weight is 296 g/mol. The van der Waals surface area contributed by atoms with Crippen LogP contribution in [0.5, 0.6) is 0 Å². The van der Waals surface area contributed by atoms with Crippen molar-refractivity contribution in [3.05, 3.63) is 11.6 Å². The Morgan fingerprint density at radius 3 is 2.43 bits per heavy atom. The Morgan fingerprint density at radius 1 is 1.29 bits per heavy atom. The van der Waals surface area contributed by atoms with Gasteiger partial charge in [-0.15, -0.1) is 0 Å². The van der Waals surface area contributed by atoms with Gasteiger partial charge in [0.05, 0.1) is 6.10 Å². The lowest BCUT2D eigenvalue weighted by Gasteiger charge is -2.27. The summed E-state index contributed by atoms with van der Waals surface area (Å²) in [5, 5.41) is 10.3. The van der Waals surface area contributed by atoms with E-state index in [0.29, 0.717) is 17.4 Å². The Morgan fingerprint density at radius 2 is 1.90 bits per heavy atom. The summed E-state index contributed by atoms with van der Waals surface area (Å²) in [5.41, 5.74) is 12.0. The second-order valence-corrected chi connectivity index (χ2v) is 6.90. The minimum absolute atomic E-state index is 0.269. The first kappa shape index (κ1) is 18.2. The van der Waals surface area contributed by atoms with E-state index in [1.165, 1.54) is 32.1 Å². The molecule has 0 aromatic rings. The first-order valence-corrected chi connectivity index (χ1v) is 8.32. The van der Waals surface area contributed by atoms with Crippen molar-refractivity contribution >= 4 is 5.91 Å². The van der Waals surface area contributed by atoms with E-state index in [9.17, 15) is 9.90 Å². The second kappa shape index (κ2) is 9.21. The number of aliphatic hydroxyl groups excluding tert-OH is 1. The van der Waals surface area contributed by atoms with Crippen molar-refractivity contribution in [2.45, 2.75) is 77.4 Å². The minimum atomic E-state index is -0.683. The number of carbonyl (C=O) groups is 1. The van der Waals surface area contributed by atoms with Gasteiger partial charge in [-0.1, -0.05) is 52.0 Å². The molecular formula is C17H32N2O2. The van der Waals surface area contributed by atoms with Gasteiger partial charge in [-0.25, -0.2) is 0 Å². The Labute approximate surface area is 129 Å². The Balaban J connectivity index is 2.49. The zero-order valence-corrected chi connectivity index (χ0v) is 13.6. The standard InChI is InChI=1S/C17H32N2O2/c1-12(2)8-9-14(17(19)21)11-16(20)15(18)10-13-6-4-3-5-7-13/h9,12-13,15-16,20H,3-8,10-11,18H2,1-2H3,(H2,19,21). The molecule has 122 valence electrons. The molecule has 0 saturated heterocycles. The summed E-state index contributed by atoms with van der Waals surface area (Å²) in [6, 6.07) is -0.269. The summed E-state index contributed by atoms with van der Waals surface area (Å²) in [6.45, 7) is 4.17. The average Bonchev–Trinajstić information content (AvgIpc) is 2.43. The van der Waals surface area contributed by atoms with E-state index in [1.807, 2.05) is 6.08 Å². The maximum absolute atomic E-state index is 11.5. The molecule has 0 radical (unpaired) electrons. The zero-order chi connectivity index (χ0) is 15.8. The first-order valence-electron chi connectivity index (χ1n) is 8.32. The van der Waals surface area contributed by atoms with E-state index in [0.717, 1.165) is 12.8 Å². The molecule has 0 aromatic heterocycles. The van der Waals surface area contributed by atoms with E-state index in [2.05, 4.69) is 13.8 Å². The van der Waals surface area contributed by atoms with Crippen LogP contribution in [-0.4, -0.2) is 23.2 Å². The van der Waals surface area contributed by atoms with Crippen LogP contribution < -0.4 is 11.5 Å². The fourth-order valence-electron chi connectivity index (χ4n) is 3.00. The molecule has 1 saturated carbocycles. The molecule has 0 heterocycles. The highest BCUT2D eigenvalue weighted by Gasteiger charge is 2.23. The lowest BCUT2D eigenvalue weighted by atomic mass is 9.83. The van der Waals surface area contributed by atoms with Gasteiger partial charge in [0, 0.05) is 18.0 Å². The number of hydrogen-bond donors (Lipinski definition) is 3. The smallest absolute Gasteiger partial charge is 0.244 e. The molecule has 1 amide bonds. The number of rotatable bonds is 8. The molecule has 0 spiro atoms. The Hall–Kier alpha value is -0.870. The van der Waals surface area contributed by atoms with Crippen molar-refractivity contribution < 1.29 is 9.90 Å². The number of amides is 1. The molecule has 0 bridgehead atoms. The number of primary amides is 1. The van der Waals surface area contributed by atoms with Crippen LogP contribution in [0.15, 0.2) is 11.6 Å². The van der Waals surface area contributed by atoms with Crippen LogP contribution in [0.4, 0.5) is 0 Å². The topological polar surface area (TPSA) is 89.3 Å². The molecule has 21 heavy (non-hydrogen) atoms. The summed E-state index contributed by atoms with van der Waals surface area (Å²) >= 11 is 0. The van der Waals surface area contributed by atoms with E-state index in [-0.39, 0.29) is 12.5 Å². The molecule has 4 heteroatoms. The molecule has 2 atom stereocenters. The van der Waals surface area contributed by atoms with Gasteiger partial charge in [-0.2, -0.15) is 0 Å². The molecule has 4 nitrogen and oxygen atoms in total. The molecule has 0 aliphatic heterocycles. The third-order valence-electron chi connectivity index (χ3n) is 4.41.